The number of hydrogen-bond donors (Lipinski definition) is 2. The zero-order valence-corrected chi connectivity index (χ0v) is 21.6. The molecule has 190 valence electrons. The maximum absolute atomic E-state index is 13.7. The van der Waals surface area contributed by atoms with E-state index >= 15 is 0 Å². The largest absolute Gasteiger partial charge is 0.390 e. The molecule has 2 amide bonds. The van der Waals surface area contributed by atoms with Crippen molar-refractivity contribution in [2.45, 2.75) is 95.9 Å². The normalized spacial score (nSPS) is 24.3. The van der Waals surface area contributed by atoms with E-state index in [1.165, 1.54) is 17.5 Å². The zero-order chi connectivity index (χ0) is 25.0. The highest BCUT2D eigenvalue weighted by Crippen LogP contribution is 2.36. The number of likely N-dealkylation sites (tertiary alicyclic amines) is 1. The SMILES string of the molecule is CC#CCN1C(=O)C(C(O)C2CCCCC2)NC(=O)C12CCN(Cc1ccc(C(C)C)cc1)CC2. The van der Waals surface area contributed by atoms with Crippen molar-refractivity contribution >= 4 is 11.8 Å². The number of nitrogens with one attached hydrogen (secondary N) is 1. The summed E-state index contributed by atoms with van der Waals surface area (Å²) in [5, 5.41) is 14.0. The number of nitrogens with zero attached hydrogens (tertiary/aromatic N) is 2. The highest BCUT2D eigenvalue weighted by molar-refractivity contribution is 6.00. The van der Waals surface area contributed by atoms with E-state index in [1.54, 1.807) is 11.8 Å². The first-order valence-corrected chi connectivity index (χ1v) is 13.4. The lowest BCUT2D eigenvalue weighted by atomic mass is 9.78. The summed E-state index contributed by atoms with van der Waals surface area (Å²) in [6.45, 7) is 8.68. The number of piperazine rings is 1. The molecule has 1 aromatic rings. The number of amides is 2. The van der Waals surface area contributed by atoms with Gasteiger partial charge in [-0.2, -0.15) is 0 Å². The summed E-state index contributed by atoms with van der Waals surface area (Å²) in [5.74, 6) is 6.18. The lowest BCUT2D eigenvalue weighted by Gasteiger charge is -2.52. The van der Waals surface area contributed by atoms with Gasteiger partial charge in [0, 0.05) is 19.6 Å². The lowest BCUT2D eigenvalue weighted by molar-refractivity contribution is -0.164. The summed E-state index contributed by atoms with van der Waals surface area (Å²) in [5.41, 5.74) is 1.71. The minimum Gasteiger partial charge on any atom is -0.390 e. The van der Waals surface area contributed by atoms with Gasteiger partial charge in [-0.05, 0) is 55.6 Å². The van der Waals surface area contributed by atoms with Gasteiger partial charge in [0.15, 0.2) is 0 Å². The molecule has 2 saturated heterocycles. The number of benzene rings is 1. The Bertz CT molecular complexity index is 948. The maximum atomic E-state index is 13.7. The molecule has 2 atom stereocenters. The van der Waals surface area contributed by atoms with E-state index in [0.29, 0.717) is 18.8 Å². The Hall–Kier alpha value is -2.36. The molecule has 1 saturated carbocycles. The van der Waals surface area contributed by atoms with Crippen LogP contribution < -0.4 is 5.32 Å². The molecule has 3 fully saturated rings. The summed E-state index contributed by atoms with van der Waals surface area (Å²) in [4.78, 5) is 31.3. The van der Waals surface area contributed by atoms with Crippen LogP contribution in [0.1, 0.15) is 82.8 Å². The van der Waals surface area contributed by atoms with Crippen LogP contribution in [0.2, 0.25) is 0 Å². The Morgan fingerprint density at radius 2 is 1.74 bits per heavy atom. The van der Waals surface area contributed by atoms with Gasteiger partial charge in [-0.3, -0.25) is 14.5 Å². The molecule has 1 aliphatic carbocycles. The molecule has 6 heteroatoms. The highest BCUT2D eigenvalue weighted by Gasteiger charge is 2.55. The van der Waals surface area contributed by atoms with E-state index in [9.17, 15) is 14.7 Å². The third-order valence-corrected chi connectivity index (χ3v) is 8.38. The second kappa shape index (κ2) is 11.1. The fraction of sp³-hybridized carbons (Fsp3) is 0.655. The summed E-state index contributed by atoms with van der Waals surface area (Å²) < 4.78 is 0. The highest BCUT2D eigenvalue weighted by atomic mass is 16.3. The van der Waals surface area contributed by atoms with Crippen LogP contribution in [0.15, 0.2) is 24.3 Å². The van der Waals surface area contributed by atoms with E-state index in [0.717, 1.165) is 45.3 Å². The lowest BCUT2D eigenvalue weighted by Crippen LogP contribution is -2.75. The van der Waals surface area contributed by atoms with Crippen LogP contribution in [-0.4, -0.2) is 64.0 Å². The first-order chi connectivity index (χ1) is 16.9. The topological polar surface area (TPSA) is 72.9 Å². The molecule has 2 aliphatic heterocycles. The van der Waals surface area contributed by atoms with E-state index in [1.807, 2.05) is 0 Å². The van der Waals surface area contributed by atoms with E-state index in [2.05, 4.69) is 60.2 Å². The van der Waals surface area contributed by atoms with Crippen molar-refractivity contribution in [2.75, 3.05) is 19.6 Å². The number of piperidine rings is 1. The standard InChI is InChI=1S/C29H41N3O3/c1-4-5-17-32-27(34)25(26(33)24-9-7-6-8-10-24)30-28(35)29(32)15-18-31(19-16-29)20-22-11-13-23(14-12-22)21(2)3/h11-14,21,24-26,33H,6-10,15-20H2,1-3H3,(H,30,35). The van der Waals surface area contributed by atoms with Gasteiger partial charge in [-0.25, -0.2) is 0 Å². The molecule has 2 N–H and O–H groups in total. The van der Waals surface area contributed by atoms with Crippen molar-refractivity contribution in [1.29, 1.82) is 0 Å². The third kappa shape index (κ3) is 5.42. The number of rotatable bonds is 6. The Kier molecular flexibility index (Phi) is 8.19. The molecule has 0 radical (unpaired) electrons. The van der Waals surface area contributed by atoms with Crippen LogP contribution in [0.3, 0.4) is 0 Å². The summed E-state index contributed by atoms with van der Waals surface area (Å²) in [6.07, 6.45) is 5.45. The van der Waals surface area contributed by atoms with Gasteiger partial charge in [0.2, 0.25) is 11.8 Å². The Morgan fingerprint density at radius 3 is 2.34 bits per heavy atom. The predicted molar refractivity (Wildman–Crippen MR) is 137 cm³/mol. The van der Waals surface area contributed by atoms with Crippen LogP contribution in [0.5, 0.6) is 0 Å². The second-order valence-corrected chi connectivity index (χ2v) is 10.9. The van der Waals surface area contributed by atoms with Gasteiger partial charge in [-0.1, -0.05) is 63.3 Å². The molecule has 3 aliphatic rings. The van der Waals surface area contributed by atoms with Crippen molar-refractivity contribution < 1.29 is 14.7 Å². The molecule has 35 heavy (non-hydrogen) atoms. The van der Waals surface area contributed by atoms with Crippen LogP contribution in [0.25, 0.3) is 0 Å². The molecule has 1 aromatic carbocycles. The monoisotopic (exact) mass is 479 g/mol. The number of carbonyl (C=O) groups is 2. The Balaban J connectivity index is 1.46. The predicted octanol–water partition coefficient (Wildman–Crippen LogP) is 3.44. The summed E-state index contributed by atoms with van der Waals surface area (Å²) in [6, 6.07) is 7.91. The fourth-order valence-corrected chi connectivity index (χ4v) is 6.05. The quantitative estimate of drug-likeness (QED) is 0.613. The van der Waals surface area contributed by atoms with Crippen LogP contribution in [0.4, 0.5) is 0 Å². The van der Waals surface area contributed by atoms with Crippen LogP contribution >= 0.6 is 0 Å². The van der Waals surface area contributed by atoms with Crippen molar-refractivity contribution in [1.82, 2.24) is 15.1 Å². The van der Waals surface area contributed by atoms with Gasteiger partial charge in [-0.15, -0.1) is 5.92 Å². The second-order valence-electron chi connectivity index (χ2n) is 10.9. The van der Waals surface area contributed by atoms with E-state index < -0.39 is 17.7 Å². The van der Waals surface area contributed by atoms with Crippen LogP contribution in [0, 0.1) is 17.8 Å². The first kappa shape index (κ1) is 25.7. The van der Waals surface area contributed by atoms with E-state index in [-0.39, 0.29) is 24.3 Å². The maximum Gasteiger partial charge on any atom is 0.249 e. The Labute approximate surface area is 210 Å². The van der Waals surface area contributed by atoms with Gasteiger partial charge in [0.1, 0.15) is 11.6 Å². The van der Waals surface area contributed by atoms with Crippen molar-refractivity contribution in [2.24, 2.45) is 5.92 Å². The molecule has 2 unspecified atom stereocenters. The summed E-state index contributed by atoms with van der Waals surface area (Å²) in [7, 11) is 0. The molecule has 1 spiro atoms. The van der Waals surface area contributed by atoms with Gasteiger partial charge >= 0.3 is 0 Å². The first-order valence-electron chi connectivity index (χ1n) is 13.4. The number of hydrogen-bond acceptors (Lipinski definition) is 4. The average molecular weight is 480 g/mol. The van der Waals surface area contributed by atoms with Crippen molar-refractivity contribution in [3.63, 3.8) is 0 Å². The number of aliphatic hydroxyl groups excluding tert-OH is 1. The molecule has 2 heterocycles. The molecular formula is C29H41N3O3. The smallest absolute Gasteiger partial charge is 0.249 e. The van der Waals surface area contributed by atoms with E-state index in [4.69, 9.17) is 0 Å². The Morgan fingerprint density at radius 1 is 1.09 bits per heavy atom. The van der Waals surface area contributed by atoms with Gasteiger partial charge in [0.05, 0.1) is 12.6 Å². The minimum absolute atomic E-state index is 0.0649. The molecule has 0 bridgehead atoms. The third-order valence-electron chi connectivity index (χ3n) is 8.38. The van der Waals surface area contributed by atoms with Crippen LogP contribution in [-0.2, 0) is 16.1 Å². The summed E-state index contributed by atoms with van der Waals surface area (Å²) >= 11 is 0. The number of aliphatic hydroxyl groups is 1. The van der Waals surface area contributed by atoms with Gasteiger partial charge in [0.25, 0.3) is 0 Å². The molecule has 4 rings (SSSR count). The minimum atomic E-state index is -0.887. The zero-order valence-electron chi connectivity index (χ0n) is 21.6. The molecule has 0 aromatic heterocycles. The average Bonchev–Trinajstić information content (AvgIpc) is 2.88. The van der Waals surface area contributed by atoms with Crippen molar-refractivity contribution in [3.8, 4) is 11.8 Å². The fourth-order valence-electron chi connectivity index (χ4n) is 6.05. The number of carbonyl (C=O) groups excluding carboxylic acids is 2. The van der Waals surface area contributed by atoms with Gasteiger partial charge < -0.3 is 15.3 Å². The molecule has 6 nitrogen and oxygen atoms in total. The van der Waals surface area contributed by atoms with Crippen molar-refractivity contribution in [3.05, 3.63) is 35.4 Å². The molecular weight excluding hydrogens is 438 g/mol.